The molecule has 7 nitrogen and oxygen atoms in total. The number of hydrogen-bond donors (Lipinski definition) is 1. The minimum Gasteiger partial charge on any atom is -0.450 e. The molecule has 8 heteroatoms. The molecule has 3 rings (SSSR count). The smallest absolute Gasteiger partial charge is 0.338 e. The van der Waals surface area contributed by atoms with E-state index in [1.165, 1.54) is 7.11 Å². The number of carbonyl (C=O) groups excluding carboxylic acids is 1. The van der Waals surface area contributed by atoms with Gasteiger partial charge in [0.2, 0.25) is 0 Å². The van der Waals surface area contributed by atoms with Crippen LogP contribution in [0.15, 0.2) is 60.7 Å². The fourth-order valence-electron chi connectivity index (χ4n) is 3.73. The molecule has 1 N–H and O–H groups in total. The number of methoxy groups -OCH3 is 1. The fraction of sp³-hybridized carbons (Fsp3) is 0.519. The molecular formula is C27H38O7Si. The van der Waals surface area contributed by atoms with Crippen molar-refractivity contribution in [2.75, 3.05) is 13.7 Å². The van der Waals surface area contributed by atoms with Crippen LogP contribution in [0.1, 0.15) is 36.7 Å². The second kappa shape index (κ2) is 11.8. The van der Waals surface area contributed by atoms with Crippen LogP contribution < -0.4 is 0 Å². The first-order valence-corrected chi connectivity index (χ1v) is 14.9. The molecule has 5 atom stereocenters. The van der Waals surface area contributed by atoms with Crippen LogP contribution in [0, 0.1) is 0 Å². The van der Waals surface area contributed by atoms with Crippen molar-refractivity contribution in [3.63, 3.8) is 0 Å². The van der Waals surface area contributed by atoms with Gasteiger partial charge in [0.05, 0.1) is 18.8 Å². The molecule has 0 aliphatic carbocycles. The Labute approximate surface area is 209 Å². The maximum absolute atomic E-state index is 13.1. The van der Waals surface area contributed by atoms with Gasteiger partial charge in [0.1, 0.15) is 18.3 Å². The number of esters is 1. The van der Waals surface area contributed by atoms with Crippen molar-refractivity contribution in [2.24, 2.45) is 0 Å². The molecule has 1 heterocycles. The van der Waals surface area contributed by atoms with E-state index in [0.717, 1.165) is 5.56 Å². The quantitative estimate of drug-likeness (QED) is 0.398. The van der Waals surface area contributed by atoms with Crippen molar-refractivity contribution in [3.05, 3.63) is 71.8 Å². The Hall–Kier alpha value is -2.07. The first kappa shape index (κ1) is 27.5. The van der Waals surface area contributed by atoms with E-state index in [4.69, 9.17) is 23.4 Å². The van der Waals surface area contributed by atoms with Gasteiger partial charge in [-0.25, -0.2) is 4.79 Å². The lowest BCUT2D eigenvalue weighted by Crippen LogP contribution is -2.64. The van der Waals surface area contributed by atoms with Crippen LogP contribution in [0.4, 0.5) is 0 Å². The zero-order valence-electron chi connectivity index (χ0n) is 21.5. The Bertz CT molecular complexity index is 930. The van der Waals surface area contributed by atoms with E-state index < -0.39 is 45.0 Å². The highest BCUT2D eigenvalue weighted by molar-refractivity contribution is 6.74. The van der Waals surface area contributed by atoms with Gasteiger partial charge in [-0.2, -0.15) is 0 Å². The number of aliphatic hydroxyl groups is 1. The summed E-state index contributed by atoms with van der Waals surface area (Å²) >= 11 is 0. The Kier molecular flexibility index (Phi) is 9.26. The third kappa shape index (κ3) is 6.78. The van der Waals surface area contributed by atoms with E-state index in [9.17, 15) is 9.90 Å². The molecule has 2 aromatic carbocycles. The molecule has 0 amide bonds. The van der Waals surface area contributed by atoms with Crippen molar-refractivity contribution in [3.8, 4) is 0 Å². The molecule has 35 heavy (non-hydrogen) atoms. The van der Waals surface area contributed by atoms with Crippen LogP contribution >= 0.6 is 0 Å². The molecule has 1 aliphatic heterocycles. The van der Waals surface area contributed by atoms with Crippen molar-refractivity contribution in [1.29, 1.82) is 0 Å². The van der Waals surface area contributed by atoms with E-state index in [1.54, 1.807) is 24.3 Å². The minimum atomic E-state index is -2.36. The fourth-order valence-corrected chi connectivity index (χ4v) is 5.03. The summed E-state index contributed by atoms with van der Waals surface area (Å²) in [6.45, 7) is 10.7. The summed E-state index contributed by atoms with van der Waals surface area (Å²) in [5.41, 5.74) is 1.39. The molecule has 0 bridgehead atoms. The van der Waals surface area contributed by atoms with Gasteiger partial charge >= 0.3 is 5.97 Å². The van der Waals surface area contributed by atoms with Crippen LogP contribution in [0.25, 0.3) is 0 Å². The van der Waals surface area contributed by atoms with Gasteiger partial charge in [-0.05, 0) is 35.8 Å². The molecule has 2 aromatic rings. The van der Waals surface area contributed by atoms with Gasteiger partial charge < -0.3 is 28.5 Å². The summed E-state index contributed by atoms with van der Waals surface area (Å²) in [7, 11) is -0.880. The van der Waals surface area contributed by atoms with Crippen LogP contribution in [0.3, 0.4) is 0 Å². The molecule has 0 spiro atoms. The summed E-state index contributed by atoms with van der Waals surface area (Å²) in [6.07, 6.45) is -3.93. The number of benzene rings is 2. The average molecular weight is 503 g/mol. The van der Waals surface area contributed by atoms with Gasteiger partial charge in [-0.3, -0.25) is 0 Å². The molecule has 1 saturated heterocycles. The largest absolute Gasteiger partial charge is 0.450 e. The van der Waals surface area contributed by atoms with Gasteiger partial charge in [0.25, 0.3) is 0 Å². The lowest BCUT2D eigenvalue weighted by Gasteiger charge is -2.49. The third-order valence-corrected chi connectivity index (χ3v) is 11.3. The van der Waals surface area contributed by atoms with Crippen LogP contribution in [0.2, 0.25) is 18.1 Å². The van der Waals surface area contributed by atoms with Crippen LogP contribution in [0.5, 0.6) is 0 Å². The monoisotopic (exact) mass is 502 g/mol. The van der Waals surface area contributed by atoms with Crippen molar-refractivity contribution >= 4 is 14.3 Å². The van der Waals surface area contributed by atoms with Crippen molar-refractivity contribution in [1.82, 2.24) is 0 Å². The Balaban J connectivity index is 1.96. The van der Waals surface area contributed by atoms with E-state index in [1.807, 2.05) is 36.4 Å². The predicted molar refractivity (Wildman–Crippen MR) is 135 cm³/mol. The SMILES string of the molecule is CO[C@H]1O[C@H](CO)[C@@H](OCc2ccccc2)[C@H](O[Si](C)(C)C(C)(C)C)[C@H]1OC(=O)c1ccccc1. The second-order valence-electron chi connectivity index (χ2n) is 10.3. The zero-order chi connectivity index (χ0) is 25.6. The third-order valence-electron chi connectivity index (χ3n) is 6.78. The lowest BCUT2D eigenvalue weighted by molar-refractivity contribution is -0.299. The molecule has 1 fully saturated rings. The Morgan fingerprint density at radius 2 is 1.57 bits per heavy atom. The normalized spacial score (nSPS) is 25.3. The Morgan fingerprint density at radius 1 is 0.971 bits per heavy atom. The predicted octanol–water partition coefficient (Wildman–Crippen LogP) is 4.55. The highest BCUT2D eigenvalue weighted by Crippen LogP contribution is 2.40. The molecule has 0 saturated carbocycles. The maximum atomic E-state index is 13.1. The topological polar surface area (TPSA) is 83.5 Å². The zero-order valence-corrected chi connectivity index (χ0v) is 22.5. The molecule has 1 aliphatic rings. The summed E-state index contributed by atoms with van der Waals surface area (Å²) in [5.74, 6) is -0.505. The van der Waals surface area contributed by atoms with E-state index >= 15 is 0 Å². The second-order valence-corrected chi connectivity index (χ2v) is 15.1. The van der Waals surface area contributed by atoms with Gasteiger partial charge in [-0.15, -0.1) is 0 Å². The molecule has 0 radical (unpaired) electrons. The molecule has 0 aromatic heterocycles. The van der Waals surface area contributed by atoms with Crippen LogP contribution in [-0.2, 0) is 30.0 Å². The highest BCUT2D eigenvalue weighted by Gasteiger charge is 2.53. The van der Waals surface area contributed by atoms with E-state index in [0.29, 0.717) is 12.2 Å². The van der Waals surface area contributed by atoms with E-state index in [-0.39, 0.29) is 11.6 Å². The summed E-state index contributed by atoms with van der Waals surface area (Å²) < 4.78 is 30.7. The Morgan fingerprint density at radius 3 is 2.11 bits per heavy atom. The molecule has 0 unspecified atom stereocenters. The summed E-state index contributed by atoms with van der Waals surface area (Å²) in [6, 6.07) is 18.5. The van der Waals surface area contributed by atoms with Gasteiger partial charge in [-0.1, -0.05) is 69.3 Å². The minimum absolute atomic E-state index is 0.111. The maximum Gasteiger partial charge on any atom is 0.338 e. The average Bonchev–Trinajstić information content (AvgIpc) is 2.84. The van der Waals surface area contributed by atoms with Crippen LogP contribution in [-0.4, -0.2) is 63.8 Å². The number of ether oxygens (including phenoxy) is 4. The standard InChI is InChI=1S/C27H38O7Si/c1-27(2,3)35(5,6)34-23-22(31-18-19-13-9-7-10-14-19)21(17-28)32-26(30-4)24(23)33-25(29)20-15-11-8-12-16-20/h7-16,21-24,26,28H,17-18H2,1-6H3/t21-,22-,23+,24-,26+/m1/s1. The highest BCUT2D eigenvalue weighted by atomic mass is 28.4. The molecule has 192 valence electrons. The number of hydrogen-bond acceptors (Lipinski definition) is 7. The first-order chi connectivity index (χ1) is 16.6. The number of carbonyl (C=O) groups is 1. The summed E-state index contributed by atoms with van der Waals surface area (Å²) in [4.78, 5) is 13.1. The number of aliphatic hydroxyl groups excluding tert-OH is 1. The summed E-state index contributed by atoms with van der Waals surface area (Å²) in [5, 5.41) is 10.1. The van der Waals surface area contributed by atoms with Gasteiger partial charge in [0, 0.05) is 7.11 Å². The molecular weight excluding hydrogens is 464 g/mol. The van der Waals surface area contributed by atoms with Crippen molar-refractivity contribution < 1.29 is 33.3 Å². The number of rotatable bonds is 9. The first-order valence-electron chi connectivity index (χ1n) is 12.0. The van der Waals surface area contributed by atoms with E-state index in [2.05, 4.69) is 33.9 Å². The lowest BCUT2D eigenvalue weighted by atomic mass is 9.98. The van der Waals surface area contributed by atoms with Gasteiger partial charge in [0.15, 0.2) is 20.7 Å². The van der Waals surface area contributed by atoms with Crippen molar-refractivity contribution in [2.45, 2.75) is 76.2 Å².